The lowest BCUT2D eigenvalue weighted by atomic mass is 9.92. The smallest absolute Gasteiger partial charge is 0.341 e. The number of halogens is 2. The third kappa shape index (κ3) is 3.82. The molecule has 7 nitrogen and oxygen atoms in total. The van der Waals surface area contributed by atoms with Crippen LogP contribution in [-0.2, 0) is 4.79 Å². The maximum absolute atomic E-state index is 15.9. The molecule has 0 amide bonds. The van der Waals surface area contributed by atoms with Crippen LogP contribution in [0.5, 0.6) is 0 Å². The number of pyridine rings is 1. The lowest BCUT2D eigenvalue weighted by molar-refractivity contribution is -0.117. The Morgan fingerprint density at radius 1 is 1.18 bits per heavy atom. The second kappa shape index (κ2) is 8.20. The van der Waals surface area contributed by atoms with Gasteiger partial charge in [0.1, 0.15) is 22.9 Å². The SMILES string of the molecule is CC(=O)CCN1CCC[C@H]2CN(c3c(F)cc4c(=O)c(C(=O)O)cn(C5CC5)c4c3F)C[C@H]21. The number of anilines is 1. The normalized spacial score (nSPS) is 23.2. The van der Waals surface area contributed by atoms with Gasteiger partial charge in [-0.1, -0.05) is 0 Å². The summed E-state index contributed by atoms with van der Waals surface area (Å²) in [5, 5.41) is 9.17. The number of carboxylic acid groups (broad SMARTS) is 1. The van der Waals surface area contributed by atoms with Crippen LogP contribution in [0.15, 0.2) is 17.1 Å². The van der Waals surface area contributed by atoms with E-state index in [0.717, 1.165) is 38.3 Å². The monoisotopic (exact) mass is 459 g/mol. The molecular formula is C24H27F2N3O4. The van der Waals surface area contributed by atoms with Crippen molar-refractivity contribution in [2.75, 3.05) is 31.1 Å². The quantitative estimate of drug-likeness (QED) is 0.715. The number of aromatic nitrogens is 1. The summed E-state index contributed by atoms with van der Waals surface area (Å²) in [5.41, 5.74) is -1.52. The zero-order chi connectivity index (χ0) is 23.4. The molecule has 1 saturated carbocycles. The number of carboxylic acids is 1. The highest BCUT2D eigenvalue weighted by Crippen LogP contribution is 2.41. The van der Waals surface area contributed by atoms with E-state index in [1.807, 2.05) is 0 Å². The lowest BCUT2D eigenvalue weighted by Crippen LogP contribution is -2.45. The van der Waals surface area contributed by atoms with Gasteiger partial charge in [0, 0.05) is 44.3 Å². The molecule has 5 rings (SSSR count). The van der Waals surface area contributed by atoms with Crippen LogP contribution in [0.25, 0.3) is 10.9 Å². The van der Waals surface area contributed by atoms with Gasteiger partial charge in [0.05, 0.1) is 10.9 Å². The van der Waals surface area contributed by atoms with Crippen molar-refractivity contribution in [3.05, 3.63) is 39.7 Å². The number of hydrogen-bond donors (Lipinski definition) is 1. The van der Waals surface area contributed by atoms with Gasteiger partial charge in [-0.05, 0) is 51.1 Å². The Kier molecular flexibility index (Phi) is 5.47. The fourth-order valence-electron chi connectivity index (χ4n) is 5.55. The standard InChI is InChI=1S/C24H27F2N3O4/c1-13(30)6-8-27-7-2-3-14-10-28(12-19(14)27)22-18(25)9-16-21(20(22)26)29(15-4-5-15)11-17(23(16)31)24(32)33/h9,11,14-15,19H,2-8,10,12H2,1H3,(H,32,33)/t14-,19+/m0/s1. The minimum atomic E-state index is -1.41. The van der Waals surface area contributed by atoms with Gasteiger partial charge < -0.3 is 14.6 Å². The molecule has 176 valence electrons. The Labute approximate surface area is 189 Å². The number of Topliss-reactive ketones (excluding diaryl/α,β-unsaturated/α-hetero) is 1. The van der Waals surface area contributed by atoms with Crippen LogP contribution in [0.3, 0.4) is 0 Å². The first kappa shape index (κ1) is 22.0. The number of carbonyl (C=O) groups excluding carboxylic acids is 1. The Morgan fingerprint density at radius 2 is 1.94 bits per heavy atom. The van der Waals surface area contributed by atoms with Gasteiger partial charge in [-0.25, -0.2) is 13.6 Å². The topological polar surface area (TPSA) is 82.8 Å². The van der Waals surface area contributed by atoms with Gasteiger partial charge in [-0.3, -0.25) is 14.5 Å². The molecule has 1 aromatic carbocycles. The van der Waals surface area contributed by atoms with Crippen LogP contribution in [0, 0.1) is 17.6 Å². The van der Waals surface area contributed by atoms with Crippen molar-refractivity contribution in [2.24, 2.45) is 5.92 Å². The molecule has 3 aliphatic rings. The van der Waals surface area contributed by atoms with E-state index in [0.29, 0.717) is 26.1 Å². The molecule has 9 heteroatoms. The summed E-state index contributed by atoms with van der Waals surface area (Å²) in [6.45, 7) is 4.03. The zero-order valence-corrected chi connectivity index (χ0v) is 18.5. The second-order valence-corrected chi connectivity index (χ2v) is 9.60. The lowest BCUT2D eigenvalue weighted by Gasteiger charge is -2.36. The zero-order valence-electron chi connectivity index (χ0n) is 18.5. The van der Waals surface area contributed by atoms with E-state index in [2.05, 4.69) is 4.90 Å². The first-order valence-electron chi connectivity index (χ1n) is 11.5. The van der Waals surface area contributed by atoms with E-state index < -0.39 is 28.6 Å². The summed E-state index contributed by atoms with van der Waals surface area (Å²) in [6.07, 6.45) is 5.10. The average molecular weight is 459 g/mol. The molecule has 3 fully saturated rings. The molecule has 2 atom stereocenters. The third-order valence-corrected chi connectivity index (χ3v) is 7.32. The first-order valence-corrected chi connectivity index (χ1v) is 11.5. The molecule has 33 heavy (non-hydrogen) atoms. The van der Waals surface area contributed by atoms with Crippen LogP contribution >= 0.6 is 0 Å². The van der Waals surface area contributed by atoms with E-state index in [-0.39, 0.29) is 40.4 Å². The van der Waals surface area contributed by atoms with Crippen LogP contribution in [0.4, 0.5) is 14.5 Å². The molecular weight excluding hydrogens is 432 g/mol. The van der Waals surface area contributed by atoms with Gasteiger partial charge in [-0.2, -0.15) is 0 Å². The molecule has 0 bridgehead atoms. The van der Waals surface area contributed by atoms with Gasteiger partial charge >= 0.3 is 5.97 Å². The summed E-state index contributed by atoms with van der Waals surface area (Å²) in [6, 6.07) is 1.02. The highest BCUT2D eigenvalue weighted by Gasteiger charge is 2.41. The van der Waals surface area contributed by atoms with Gasteiger partial charge in [0.2, 0.25) is 5.43 Å². The fourth-order valence-corrected chi connectivity index (χ4v) is 5.55. The molecule has 1 N–H and O–H groups in total. The predicted molar refractivity (Wildman–Crippen MR) is 119 cm³/mol. The van der Waals surface area contributed by atoms with Crippen LogP contribution in [0.1, 0.15) is 55.4 Å². The molecule has 2 aromatic rings. The van der Waals surface area contributed by atoms with Crippen molar-refractivity contribution in [3.63, 3.8) is 0 Å². The number of benzene rings is 1. The highest BCUT2D eigenvalue weighted by molar-refractivity contribution is 5.94. The summed E-state index contributed by atoms with van der Waals surface area (Å²) < 4.78 is 32.7. The Morgan fingerprint density at radius 3 is 2.61 bits per heavy atom. The number of aromatic carboxylic acids is 1. The fraction of sp³-hybridized carbons (Fsp3) is 0.542. The summed E-state index contributed by atoms with van der Waals surface area (Å²) >= 11 is 0. The molecule has 1 aliphatic carbocycles. The molecule has 3 heterocycles. The summed E-state index contributed by atoms with van der Waals surface area (Å²) in [7, 11) is 0. The van der Waals surface area contributed by atoms with Gasteiger partial charge in [-0.15, -0.1) is 0 Å². The molecule has 2 saturated heterocycles. The number of likely N-dealkylation sites (tertiary alicyclic amines) is 1. The minimum Gasteiger partial charge on any atom is -0.477 e. The number of piperidine rings is 1. The number of carbonyl (C=O) groups is 2. The van der Waals surface area contributed by atoms with E-state index in [1.54, 1.807) is 11.8 Å². The van der Waals surface area contributed by atoms with Crippen LogP contribution in [0.2, 0.25) is 0 Å². The van der Waals surface area contributed by atoms with Crippen molar-refractivity contribution in [1.29, 1.82) is 0 Å². The number of ketones is 1. The Bertz CT molecular complexity index is 1210. The van der Waals surface area contributed by atoms with E-state index >= 15 is 8.78 Å². The van der Waals surface area contributed by atoms with Crippen LogP contribution < -0.4 is 10.3 Å². The largest absolute Gasteiger partial charge is 0.477 e. The van der Waals surface area contributed by atoms with Crippen molar-refractivity contribution in [2.45, 2.75) is 51.1 Å². The number of fused-ring (bicyclic) bond motifs is 2. The van der Waals surface area contributed by atoms with Gasteiger partial charge in [0.25, 0.3) is 0 Å². The number of rotatable bonds is 6. The van der Waals surface area contributed by atoms with Gasteiger partial charge in [0.15, 0.2) is 5.82 Å². The molecule has 0 radical (unpaired) electrons. The first-order chi connectivity index (χ1) is 15.8. The van der Waals surface area contributed by atoms with Crippen molar-refractivity contribution >= 4 is 28.3 Å². The highest BCUT2D eigenvalue weighted by atomic mass is 19.1. The second-order valence-electron chi connectivity index (χ2n) is 9.60. The van der Waals surface area contributed by atoms with E-state index in [9.17, 15) is 19.5 Å². The maximum Gasteiger partial charge on any atom is 0.341 e. The Balaban J connectivity index is 1.56. The average Bonchev–Trinajstić information content (AvgIpc) is 3.51. The minimum absolute atomic E-state index is 0.0211. The Hall–Kier alpha value is -2.81. The van der Waals surface area contributed by atoms with Crippen molar-refractivity contribution in [3.8, 4) is 0 Å². The molecule has 0 unspecified atom stereocenters. The van der Waals surface area contributed by atoms with E-state index in [1.165, 1.54) is 10.8 Å². The number of hydrogen-bond acceptors (Lipinski definition) is 5. The summed E-state index contributed by atoms with van der Waals surface area (Å²) in [5.74, 6) is -2.69. The molecule has 1 aromatic heterocycles. The number of nitrogens with zero attached hydrogens (tertiary/aromatic N) is 3. The van der Waals surface area contributed by atoms with Crippen LogP contribution in [-0.4, -0.2) is 58.5 Å². The maximum atomic E-state index is 15.9. The molecule has 0 spiro atoms. The summed E-state index contributed by atoms with van der Waals surface area (Å²) in [4.78, 5) is 39.7. The van der Waals surface area contributed by atoms with Crippen molar-refractivity contribution < 1.29 is 23.5 Å². The molecule has 2 aliphatic heterocycles. The third-order valence-electron chi connectivity index (χ3n) is 7.32. The van der Waals surface area contributed by atoms with E-state index in [4.69, 9.17) is 0 Å². The predicted octanol–water partition coefficient (Wildman–Crippen LogP) is 3.19. The van der Waals surface area contributed by atoms with Crippen molar-refractivity contribution in [1.82, 2.24) is 9.47 Å².